The molecule has 0 bridgehead atoms. The number of hydrogen-bond donors (Lipinski definition) is 1. The van der Waals surface area contributed by atoms with Crippen molar-refractivity contribution in [3.8, 4) is 21.9 Å². The highest BCUT2D eigenvalue weighted by atomic mass is 32.1. The summed E-state index contributed by atoms with van der Waals surface area (Å²) >= 11 is 1.69. The SMILES string of the molecule is Cc1nc(NCc2ccc3c(c2)OCO3)c2cc(-c3ccccc3)sc2n1. The summed E-state index contributed by atoms with van der Waals surface area (Å²) in [4.78, 5) is 11.4. The van der Waals surface area contributed by atoms with Gasteiger partial charge in [0.15, 0.2) is 11.5 Å². The van der Waals surface area contributed by atoms with Crippen LogP contribution < -0.4 is 14.8 Å². The fraction of sp³-hybridized carbons (Fsp3) is 0.143. The lowest BCUT2D eigenvalue weighted by Crippen LogP contribution is -2.03. The minimum absolute atomic E-state index is 0.287. The smallest absolute Gasteiger partial charge is 0.231 e. The van der Waals surface area contributed by atoms with Crippen molar-refractivity contribution >= 4 is 27.4 Å². The number of nitrogens with zero attached hydrogens (tertiary/aromatic N) is 2. The Labute approximate surface area is 160 Å². The summed E-state index contributed by atoms with van der Waals surface area (Å²) in [5.41, 5.74) is 2.31. The van der Waals surface area contributed by atoms with E-state index in [0.29, 0.717) is 6.54 Å². The van der Waals surface area contributed by atoms with Crippen molar-refractivity contribution in [3.63, 3.8) is 0 Å². The van der Waals surface area contributed by atoms with Crippen LogP contribution in [-0.2, 0) is 6.54 Å². The molecule has 27 heavy (non-hydrogen) atoms. The highest BCUT2D eigenvalue weighted by molar-refractivity contribution is 7.21. The van der Waals surface area contributed by atoms with E-state index in [4.69, 9.17) is 9.47 Å². The lowest BCUT2D eigenvalue weighted by atomic mass is 10.2. The van der Waals surface area contributed by atoms with Gasteiger partial charge in [0.25, 0.3) is 0 Å². The van der Waals surface area contributed by atoms with Crippen LogP contribution in [-0.4, -0.2) is 16.8 Å². The average molecular weight is 375 g/mol. The third kappa shape index (κ3) is 3.08. The highest BCUT2D eigenvalue weighted by Crippen LogP contribution is 2.36. The van der Waals surface area contributed by atoms with Crippen LogP contribution in [0.5, 0.6) is 11.5 Å². The van der Waals surface area contributed by atoms with Gasteiger partial charge >= 0.3 is 0 Å². The third-order valence-electron chi connectivity index (χ3n) is 4.46. The Hall–Kier alpha value is -3.12. The van der Waals surface area contributed by atoms with E-state index in [2.05, 4.69) is 45.6 Å². The van der Waals surface area contributed by atoms with Crippen LogP contribution in [0.25, 0.3) is 20.7 Å². The Balaban J connectivity index is 1.46. The van der Waals surface area contributed by atoms with E-state index in [-0.39, 0.29) is 6.79 Å². The summed E-state index contributed by atoms with van der Waals surface area (Å²) in [5, 5.41) is 4.51. The number of thiophene rings is 1. The van der Waals surface area contributed by atoms with Crippen LogP contribution in [0.1, 0.15) is 11.4 Å². The van der Waals surface area contributed by atoms with Crippen molar-refractivity contribution in [2.75, 3.05) is 12.1 Å². The number of rotatable bonds is 4. The summed E-state index contributed by atoms with van der Waals surface area (Å²) in [5.74, 6) is 3.20. The number of anilines is 1. The first kappa shape index (κ1) is 16.1. The summed E-state index contributed by atoms with van der Waals surface area (Å²) in [6, 6.07) is 18.5. The Kier molecular flexibility index (Phi) is 3.90. The first-order chi connectivity index (χ1) is 13.3. The summed E-state index contributed by atoms with van der Waals surface area (Å²) in [7, 11) is 0. The lowest BCUT2D eigenvalue weighted by molar-refractivity contribution is 0.174. The van der Waals surface area contributed by atoms with Crippen LogP contribution in [0.4, 0.5) is 5.82 Å². The average Bonchev–Trinajstić information content (AvgIpc) is 3.33. The Morgan fingerprint density at radius 2 is 1.85 bits per heavy atom. The Morgan fingerprint density at radius 3 is 2.74 bits per heavy atom. The molecule has 0 radical (unpaired) electrons. The minimum Gasteiger partial charge on any atom is -0.454 e. The molecule has 3 heterocycles. The second-order valence-corrected chi connectivity index (χ2v) is 7.39. The molecule has 0 unspecified atom stereocenters. The molecule has 6 heteroatoms. The maximum absolute atomic E-state index is 5.46. The maximum atomic E-state index is 5.46. The number of benzene rings is 2. The van der Waals surface area contributed by atoms with Crippen LogP contribution in [0.2, 0.25) is 0 Å². The number of aromatic nitrogens is 2. The lowest BCUT2D eigenvalue weighted by Gasteiger charge is -2.08. The molecule has 0 saturated heterocycles. The summed E-state index contributed by atoms with van der Waals surface area (Å²) in [6.07, 6.45) is 0. The van der Waals surface area contributed by atoms with Crippen LogP contribution >= 0.6 is 11.3 Å². The molecule has 0 fully saturated rings. The van der Waals surface area contributed by atoms with Gasteiger partial charge in [0, 0.05) is 11.4 Å². The molecule has 0 atom stereocenters. The van der Waals surface area contributed by atoms with E-state index in [9.17, 15) is 0 Å². The van der Waals surface area contributed by atoms with Gasteiger partial charge in [0.2, 0.25) is 6.79 Å². The zero-order chi connectivity index (χ0) is 18.2. The van der Waals surface area contributed by atoms with Crippen LogP contribution in [0.15, 0.2) is 54.6 Å². The highest BCUT2D eigenvalue weighted by Gasteiger charge is 2.14. The Morgan fingerprint density at radius 1 is 1.00 bits per heavy atom. The normalized spacial score (nSPS) is 12.5. The second-order valence-electron chi connectivity index (χ2n) is 6.36. The molecule has 5 rings (SSSR count). The molecule has 134 valence electrons. The molecule has 0 aliphatic carbocycles. The van der Waals surface area contributed by atoms with Crippen molar-refractivity contribution in [2.45, 2.75) is 13.5 Å². The first-order valence-corrected chi connectivity index (χ1v) is 9.54. The first-order valence-electron chi connectivity index (χ1n) is 8.72. The summed E-state index contributed by atoms with van der Waals surface area (Å²) < 4.78 is 10.8. The van der Waals surface area contributed by atoms with Gasteiger partial charge in [-0.25, -0.2) is 9.97 Å². The third-order valence-corrected chi connectivity index (χ3v) is 5.54. The quantitative estimate of drug-likeness (QED) is 0.543. The minimum atomic E-state index is 0.287. The monoisotopic (exact) mass is 375 g/mol. The van der Waals surface area contributed by atoms with Gasteiger partial charge in [-0.2, -0.15) is 0 Å². The molecular formula is C21H17N3O2S. The molecule has 0 spiro atoms. The van der Waals surface area contributed by atoms with E-state index >= 15 is 0 Å². The van der Waals surface area contributed by atoms with Crippen molar-refractivity contribution in [1.82, 2.24) is 9.97 Å². The van der Waals surface area contributed by atoms with Crippen molar-refractivity contribution in [2.24, 2.45) is 0 Å². The fourth-order valence-corrected chi connectivity index (χ4v) is 4.23. The number of aryl methyl sites for hydroxylation is 1. The zero-order valence-corrected chi connectivity index (χ0v) is 15.5. The van der Waals surface area contributed by atoms with Gasteiger partial charge in [-0.3, -0.25) is 0 Å². The molecule has 2 aromatic heterocycles. The van der Waals surface area contributed by atoms with Gasteiger partial charge in [0.05, 0.1) is 5.39 Å². The topological polar surface area (TPSA) is 56.3 Å². The largest absolute Gasteiger partial charge is 0.454 e. The zero-order valence-electron chi connectivity index (χ0n) is 14.7. The standard InChI is InChI=1S/C21H17N3O2S/c1-13-23-20(22-11-14-7-8-17-18(9-14)26-12-25-17)16-10-19(27-21(16)24-13)15-5-3-2-4-6-15/h2-10H,11-12H2,1H3,(H,22,23,24). The van der Waals surface area contributed by atoms with E-state index in [1.807, 2.05) is 31.2 Å². The van der Waals surface area contributed by atoms with Gasteiger partial charge < -0.3 is 14.8 Å². The Bertz CT molecular complexity index is 1130. The molecule has 4 aromatic rings. The van der Waals surface area contributed by atoms with Crippen molar-refractivity contribution < 1.29 is 9.47 Å². The van der Waals surface area contributed by atoms with E-state index in [1.165, 1.54) is 10.4 Å². The van der Waals surface area contributed by atoms with Gasteiger partial charge in [0.1, 0.15) is 16.5 Å². The fourth-order valence-electron chi connectivity index (χ4n) is 3.14. The number of fused-ring (bicyclic) bond motifs is 2. The van der Waals surface area contributed by atoms with Crippen LogP contribution in [0, 0.1) is 6.92 Å². The van der Waals surface area contributed by atoms with E-state index in [0.717, 1.165) is 38.9 Å². The van der Waals surface area contributed by atoms with Crippen molar-refractivity contribution in [1.29, 1.82) is 0 Å². The molecule has 0 amide bonds. The van der Waals surface area contributed by atoms with Gasteiger partial charge in [-0.1, -0.05) is 36.4 Å². The molecule has 1 N–H and O–H groups in total. The molecule has 2 aromatic carbocycles. The molecule has 1 aliphatic rings. The van der Waals surface area contributed by atoms with Crippen molar-refractivity contribution in [3.05, 3.63) is 66.0 Å². The molecular weight excluding hydrogens is 358 g/mol. The molecule has 5 nitrogen and oxygen atoms in total. The summed E-state index contributed by atoms with van der Waals surface area (Å²) in [6.45, 7) is 2.86. The van der Waals surface area contributed by atoms with Gasteiger partial charge in [-0.05, 0) is 36.2 Å². The van der Waals surface area contributed by atoms with Crippen LogP contribution in [0.3, 0.4) is 0 Å². The molecule has 0 saturated carbocycles. The predicted octanol–water partition coefficient (Wildman–Crippen LogP) is 5.01. The molecule has 1 aliphatic heterocycles. The number of hydrogen-bond acceptors (Lipinski definition) is 6. The van der Waals surface area contributed by atoms with Gasteiger partial charge in [-0.15, -0.1) is 11.3 Å². The number of ether oxygens (including phenoxy) is 2. The van der Waals surface area contributed by atoms with E-state index < -0.39 is 0 Å². The second kappa shape index (κ2) is 6.55. The van der Waals surface area contributed by atoms with E-state index in [1.54, 1.807) is 11.3 Å². The predicted molar refractivity (Wildman–Crippen MR) is 107 cm³/mol. The maximum Gasteiger partial charge on any atom is 0.231 e. The number of nitrogens with one attached hydrogen (secondary N) is 1.